The number of hydrogen-bond donors (Lipinski definition) is 2. The summed E-state index contributed by atoms with van der Waals surface area (Å²) in [5, 5.41) is 2.77. The summed E-state index contributed by atoms with van der Waals surface area (Å²) in [6.07, 6.45) is 0. The number of carbonyl (C=O) groups is 1. The summed E-state index contributed by atoms with van der Waals surface area (Å²) in [4.78, 5) is 11.8. The third kappa shape index (κ3) is 4.06. The molecule has 0 fully saturated rings. The van der Waals surface area contributed by atoms with Crippen molar-refractivity contribution in [2.75, 3.05) is 26.1 Å². The van der Waals surface area contributed by atoms with E-state index in [4.69, 9.17) is 15.2 Å². The van der Waals surface area contributed by atoms with Crippen LogP contribution in [0.3, 0.4) is 0 Å². The third-order valence-corrected chi connectivity index (χ3v) is 3.09. The molecule has 100 valence electrons. The minimum absolute atomic E-state index is 0.180. The van der Waals surface area contributed by atoms with Gasteiger partial charge in [-0.05, 0) is 12.1 Å². The van der Waals surface area contributed by atoms with Crippen molar-refractivity contribution in [1.82, 2.24) is 0 Å². The Balaban J connectivity index is 2.83. The lowest BCUT2D eigenvalue weighted by atomic mass is 10.1. The fourth-order valence-electron chi connectivity index (χ4n) is 1.45. The highest BCUT2D eigenvalue weighted by Gasteiger charge is 2.15. The second-order valence-electron chi connectivity index (χ2n) is 3.75. The largest absolute Gasteiger partial charge is 0.383 e. The van der Waals surface area contributed by atoms with E-state index in [-0.39, 0.29) is 12.5 Å². The monoisotopic (exact) mass is 316 g/mol. The molecule has 3 N–H and O–H groups in total. The minimum Gasteiger partial charge on any atom is -0.383 e. The fourth-order valence-corrected chi connectivity index (χ4v) is 1.93. The van der Waals surface area contributed by atoms with Gasteiger partial charge in [0.25, 0.3) is 0 Å². The first-order valence-corrected chi connectivity index (χ1v) is 6.21. The van der Waals surface area contributed by atoms with E-state index in [0.717, 1.165) is 10.0 Å². The van der Waals surface area contributed by atoms with Crippen LogP contribution in [0.4, 0.5) is 5.69 Å². The zero-order valence-electron chi connectivity index (χ0n) is 10.4. The van der Waals surface area contributed by atoms with Crippen LogP contribution < -0.4 is 11.1 Å². The molecule has 0 heterocycles. The molecule has 0 aromatic heterocycles. The molecule has 0 saturated carbocycles. The molecule has 1 amide bonds. The van der Waals surface area contributed by atoms with Crippen LogP contribution in [0.2, 0.25) is 0 Å². The molecule has 1 atom stereocenters. The quantitative estimate of drug-likeness (QED) is 0.834. The van der Waals surface area contributed by atoms with E-state index in [1.54, 1.807) is 13.2 Å². The van der Waals surface area contributed by atoms with Gasteiger partial charge in [-0.3, -0.25) is 4.79 Å². The van der Waals surface area contributed by atoms with Gasteiger partial charge in [0.1, 0.15) is 6.04 Å². The molecule has 18 heavy (non-hydrogen) atoms. The van der Waals surface area contributed by atoms with Gasteiger partial charge in [-0.25, -0.2) is 0 Å². The Labute approximate surface area is 115 Å². The molecule has 1 unspecified atom stereocenters. The predicted octanol–water partition coefficient (Wildman–Crippen LogP) is 1.51. The van der Waals surface area contributed by atoms with Crippen molar-refractivity contribution in [3.8, 4) is 0 Å². The first kappa shape index (κ1) is 15.1. The highest BCUT2D eigenvalue weighted by atomic mass is 79.9. The topological polar surface area (TPSA) is 73.6 Å². The number of benzene rings is 1. The van der Waals surface area contributed by atoms with E-state index >= 15 is 0 Å². The molecule has 6 heteroatoms. The predicted molar refractivity (Wildman–Crippen MR) is 73.3 cm³/mol. The highest BCUT2D eigenvalue weighted by molar-refractivity contribution is 9.10. The normalized spacial score (nSPS) is 12.2. The fraction of sp³-hybridized carbons (Fsp3) is 0.417. The molecule has 1 aromatic rings. The highest BCUT2D eigenvalue weighted by Crippen LogP contribution is 2.25. The molecule has 0 spiro atoms. The van der Waals surface area contributed by atoms with Gasteiger partial charge < -0.3 is 20.5 Å². The van der Waals surface area contributed by atoms with Gasteiger partial charge in [-0.1, -0.05) is 22.0 Å². The molecule has 5 nitrogen and oxygen atoms in total. The van der Waals surface area contributed by atoms with Gasteiger partial charge in [-0.2, -0.15) is 0 Å². The Hall–Kier alpha value is -0.950. The van der Waals surface area contributed by atoms with Crippen LogP contribution in [0.1, 0.15) is 5.56 Å². The van der Waals surface area contributed by atoms with Crippen LogP contribution in [-0.4, -0.2) is 32.8 Å². The van der Waals surface area contributed by atoms with Gasteiger partial charge >= 0.3 is 0 Å². The van der Waals surface area contributed by atoms with Gasteiger partial charge in [0, 0.05) is 29.9 Å². The summed E-state index contributed by atoms with van der Waals surface area (Å²) < 4.78 is 10.8. The number of nitrogens with two attached hydrogens (primary N) is 1. The SMILES string of the molecule is COCc1c(Br)cccc1NC(=O)C(N)COC. The average molecular weight is 317 g/mol. The Morgan fingerprint density at radius 3 is 2.78 bits per heavy atom. The molecular weight excluding hydrogens is 300 g/mol. The van der Waals surface area contributed by atoms with Crippen LogP contribution in [-0.2, 0) is 20.9 Å². The van der Waals surface area contributed by atoms with Crippen molar-refractivity contribution in [2.24, 2.45) is 5.73 Å². The van der Waals surface area contributed by atoms with Crippen LogP contribution >= 0.6 is 15.9 Å². The van der Waals surface area contributed by atoms with Gasteiger partial charge in [0.05, 0.1) is 13.2 Å². The van der Waals surface area contributed by atoms with Gasteiger partial charge in [-0.15, -0.1) is 0 Å². The second kappa shape index (κ2) is 7.48. The van der Waals surface area contributed by atoms with E-state index < -0.39 is 6.04 Å². The maximum Gasteiger partial charge on any atom is 0.243 e. The number of hydrogen-bond acceptors (Lipinski definition) is 4. The number of nitrogens with one attached hydrogen (secondary N) is 1. The Morgan fingerprint density at radius 2 is 2.17 bits per heavy atom. The smallest absolute Gasteiger partial charge is 0.243 e. The van der Waals surface area contributed by atoms with Crippen molar-refractivity contribution < 1.29 is 14.3 Å². The molecule has 0 aliphatic carbocycles. The summed E-state index contributed by atoms with van der Waals surface area (Å²) in [6, 6.07) is 4.83. The second-order valence-corrected chi connectivity index (χ2v) is 4.60. The standard InChI is InChI=1S/C12H17BrN2O3/c1-17-6-8-9(13)4-3-5-11(8)15-12(16)10(14)7-18-2/h3-5,10H,6-7,14H2,1-2H3,(H,15,16). The maximum absolute atomic E-state index is 11.8. The van der Waals surface area contributed by atoms with Gasteiger partial charge in [0.15, 0.2) is 0 Å². The minimum atomic E-state index is -0.690. The van der Waals surface area contributed by atoms with Crippen molar-refractivity contribution in [2.45, 2.75) is 12.6 Å². The van der Waals surface area contributed by atoms with E-state index in [0.29, 0.717) is 12.3 Å². The average Bonchev–Trinajstić information content (AvgIpc) is 2.34. The molecular formula is C12H17BrN2O3. The third-order valence-electron chi connectivity index (χ3n) is 2.35. The number of methoxy groups -OCH3 is 2. The number of halogens is 1. The van der Waals surface area contributed by atoms with E-state index in [1.807, 2.05) is 12.1 Å². The van der Waals surface area contributed by atoms with Crippen LogP contribution in [0.5, 0.6) is 0 Å². The Kier molecular flexibility index (Phi) is 6.28. The number of rotatable bonds is 6. The van der Waals surface area contributed by atoms with Crippen molar-refractivity contribution in [3.63, 3.8) is 0 Å². The van der Waals surface area contributed by atoms with Crippen LogP contribution in [0.15, 0.2) is 22.7 Å². The Morgan fingerprint density at radius 1 is 1.44 bits per heavy atom. The maximum atomic E-state index is 11.8. The van der Waals surface area contributed by atoms with Crippen molar-refractivity contribution in [1.29, 1.82) is 0 Å². The number of amides is 1. The number of carbonyl (C=O) groups excluding carboxylic acids is 1. The lowest BCUT2D eigenvalue weighted by Gasteiger charge is -2.15. The molecule has 0 bridgehead atoms. The summed E-state index contributed by atoms with van der Waals surface area (Å²) in [5.74, 6) is -0.285. The summed E-state index contributed by atoms with van der Waals surface area (Å²) in [5.41, 5.74) is 7.21. The molecule has 1 aromatic carbocycles. The van der Waals surface area contributed by atoms with Crippen molar-refractivity contribution in [3.05, 3.63) is 28.2 Å². The lowest BCUT2D eigenvalue weighted by molar-refractivity contribution is -0.118. The van der Waals surface area contributed by atoms with E-state index in [2.05, 4.69) is 21.2 Å². The van der Waals surface area contributed by atoms with Crippen molar-refractivity contribution >= 4 is 27.5 Å². The molecule has 0 radical (unpaired) electrons. The van der Waals surface area contributed by atoms with Crippen LogP contribution in [0, 0.1) is 0 Å². The molecule has 0 aliphatic heterocycles. The lowest BCUT2D eigenvalue weighted by Crippen LogP contribution is -2.39. The van der Waals surface area contributed by atoms with Crippen LogP contribution in [0.25, 0.3) is 0 Å². The summed E-state index contributed by atoms with van der Waals surface area (Å²) >= 11 is 3.42. The number of ether oxygens (including phenoxy) is 2. The zero-order chi connectivity index (χ0) is 13.5. The molecule has 0 saturated heterocycles. The summed E-state index contributed by atoms with van der Waals surface area (Å²) in [7, 11) is 3.10. The molecule has 1 rings (SSSR count). The zero-order valence-corrected chi connectivity index (χ0v) is 12.0. The van der Waals surface area contributed by atoms with Gasteiger partial charge in [0.2, 0.25) is 5.91 Å². The van der Waals surface area contributed by atoms with E-state index in [9.17, 15) is 4.79 Å². The first-order valence-electron chi connectivity index (χ1n) is 5.41. The molecule has 0 aliphatic rings. The summed E-state index contributed by atoms with van der Waals surface area (Å²) in [6.45, 7) is 0.579. The Bertz CT molecular complexity index is 412. The van der Waals surface area contributed by atoms with E-state index in [1.165, 1.54) is 7.11 Å². The number of anilines is 1. The first-order chi connectivity index (χ1) is 8.60.